The van der Waals surface area contributed by atoms with Crippen LogP contribution in [0.25, 0.3) is 11.4 Å². The molecule has 0 aliphatic rings. The second-order valence-corrected chi connectivity index (χ2v) is 7.10. The van der Waals surface area contributed by atoms with Crippen LogP contribution in [0.2, 0.25) is 0 Å². The van der Waals surface area contributed by atoms with Crippen LogP contribution in [0.1, 0.15) is 36.1 Å². The number of hydrogen-bond acceptors (Lipinski definition) is 8. The zero-order chi connectivity index (χ0) is 21.8. The Labute approximate surface area is 178 Å². The molecule has 10 heteroatoms. The summed E-state index contributed by atoms with van der Waals surface area (Å²) in [5.41, 5.74) is 2.65. The van der Waals surface area contributed by atoms with Gasteiger partial charge in [-0.25, -0.2) is 19.9 Å². The second-order valence-electron chi connectivity index (χ2n) is 7.10. The molecule has 0 saturated heterocycles. The molecule has 4 rings (SSSR count). The molecule has 0 aliphatic heterocycles. The van der Waals surface area contributed by atoms with Gasteiger partial charge in [0.2, 0.25) is 0 Å². The Kier molecular flexibility index (Phi) is 5.61. The normalized spacial score (nSPS) is 10.8. The molecule has 2 N–H and O–H groups in total. The van der Waals surface area contributed by atoms with E-state index in [9.17, 15) is 4.79 Å². The van der Waals surface area contributed by atoms with Crippen molar-refractivity contribution in [2.24, 2.45) is 7.05 Å². The zero-order valence-electron chi connectivity index (χ0n) is 17.3. The maximum Gasteiger partial charge on any atom is 0.277 e. The van der Waals surface area contributed by atoms with Gasteiger partial charge in [-0.15, -0.1) is 0 Å². The van der Waals surface area contributed by atoms with Crippen LogP contribution in [0.3, 0.4) is 0 Å². The third kappa shape index (κ3) is 4.53. The monoisotopic (exact) mass is 415 g/mol. The summed E-state index contributed by atoms with van der Waals surface area (Å²) < 4.78 is 1.59. The van der Waals surface area contributed by atoms with E-state index in [1.54, 1.807) is 42.6 Å². The summed E-state index contributed by atoms with van der Waals surface area (Å²) in [5, 5.41) is 10.4. The van der Waals surface area contributed by atoms with Crippen LogP contribution in [-0.4, -0.2) is 40.6 Å². The van der Waals surface area contributed by atoms with Crippen LogP contribution < -0.4 is 10.6 Å². The van der Waals surface area contributed by atoms with Crippen LogP contribution >= 0.6 is 0 Å². The van der Waals surface area contributed by atoms with E-state index < -0.39 is 0 Å². The number of aromatic nitrogens is 7. The Morgan fingerprint density at radius 2 is 1.87 bits per heavy atom. The number of rotatable bonds is 6. The van der Waals surface area contributed by atoms with E-state index >= 15 is 0 Å². The highest BCUT2D eigenvalue weighted by Crippen LogP contribution is 2.23. The number of amides is 1. The lowest BCUT2D eigenvalue weighted by atomic mass is 10.2. The Hall–Kier alpha value is -4.21. The Morgan fingerprint density at radius 3 is 2.58 bits per heavy atom. The lowest BCUT2D eigenvalue weighted by Crippen LogP contribution is -2.19. The first-order chi connectivity index (χ1) is 15.0. The van der Waals surface area contributed by atoms with Crippen molar-refractivity contribution in [3.05, 3.63) is 66.9 Å². The molecule has 10 nitrogen and oxygen atoms in total. The zero-order valence-corrected chi connectivity index (χ0v) is 17.3. The maximum absolute atomic E-state index is 13.2. The Balaban J connectivity index is 1.64. The predicted octanol–water partition coefficient (Wildman–Crippen LogP) is 3.18. The third-order valence-corrected chi connectivity index (χ3v) is 4.43. The molecule has 4 aromatic heterocycles. The van der Waals surface area contributed by atoms with E-state index in [1.807, 2.05) is 32.0 Å². The van der Waals surface area contributed by atoms with Crippen molar-refractivity contribution in [2.75, 3.05) is 10.6 Å². The highest BCUT2D eigenvalue weighted by Gasteiger charge is 2.19. The van der Waals surface area contributed by atoms with Crippen molar-refractivity contribution in [2.45, 2.75) is 19.8 Å². The van der Waals surface area contributed by atoms with Gasteiger partial charge in [0.05, 0.1) is 35.7 Å². The summed E-state index contributed by atoms with van der Waals surface area (Å²) in [6.07, 6.45) is 7.92. The van der Waals surface area contributed by atoms with E-state index in [1.165, 1.54) is 6.33 Å². The van der Waals surface area contributed by atoms with E-state index in [4.69, 9.17) is 0 Å². The van der Waals surface area contributed by atoms with Crippen molar-refractivity contribution in [3.63, 3.8) is 0 Å². The lowest BCUT2D eigenvalue weighted by Gasteiger charge is -2.13. The van der Waals surface area contributed by atoms with Gasteiger partial charge in [0, 0.05) is 25.2 Å². The molecule has 4 aromatic rings. The van der Waals surface area contributed by atoms with E-state index in [0.717, 1.165) is 0 Å². The average molecular weight is 415 g/mol. The standard InChI is InChI=1S/C21H21N9O/c1-13(2)20-25-11-17(26-14-9-22-12-23-10-14)19(28-20)21(31)27-18-8-16(29-30(18)3)15-6-4-5-7-24-15/h4-13,26H,1-3H3,(H,27,31). The second kappa shape index (κ2) is 8.66. The number of anilines is 3. The molecule has 0 fully saturated rings. The van der Waals surface area contributed by atoms with Crippen LogP contribution in [0.5, 0.6) is 0 Å². The van der Waals surface area contributed by atoms with Crippen LogP contribution in [-0.2, 0) is 7.05 Å². The number of aryl methyl sites for hydroxylation is 1. The minimum Gasteiger partial charge on any atom is -0.350 e. The number of carbonyl (C=O) groups excluding carboxylic acids is 1. The van der Waals surface area contributed by atoms with Crippen LogP contribution in [0.4, 0.5) is 17.2 Å². The van der Waals surface area contributed by atoms with Gasteiger partial charge < -0.3 is 10.6 Å². The SMILES string of the molecule is CC(C)c1ncc(Nc2cncnc2)c(C(=O)Nc2cc(-c3ccccn3)nn2C)n1. The fraction of sp³-hybridized carbons (Fsp3) is 0.190. The van der Waals surface area contributed by atoms with E-state index in [0.29, 0.717) is 34.4 Å². The Bertz CT molecular complexity index is 1190. The summed E-state index contributed by atoms with van der Waals surface area (Å²) >= 11 is 0. The van der Waals surface area contributed by atoms with Crippen molar-refractivity contribution in [1.82, 2.24) is 34.7 Å². The maximum atomic E-state index is 13.2. The third-order valence-electron chi connectivity index (χ3n) is 4.43. The van der Waals surface area contributed by atoms with Gasteiger partial charge in [-0.3, -0.25) is 14.5 Å². The summed E-state index contributed by atoms with van der Waals surface area (Å²) in [4.78, 5) is 34.3. The molecule has 0 unspecified atom stereocenters. The van der Waals surface area contributed by atoms with Gasteiger partial charge in [-0.2, -0.15) is 5.10 Å². The van der Waals surface area contributed by atoms with Gasteiger partial charge in [-0.05, 0) is 12.1 Å². The van der Waals surface area contributed by atoms with Crippen LogP contribution in [0, 0.1) is 0 Å². The molecule has 31 heavy (non-hydrogen) atoms. The summed E-state index contributed by atoms with van der Waals surface area (Å²) in [6.45, 7) is 3.94. The minimum atomic E-state index is -0.390. The number of carbonyl (C=O) groups is 1. The van der Waals surface area contributed by atoms with Crippen LogP contribution in [0.15, 0.2) is 55.4 Å². The number of nitrogens with one attached hydrogen (secondary N) is 2. The predicted molar refractivity (Wildman–Crippen MR) is 116 cm³/mol. The molecule has 0 aromatic carbocycles. The molecule has 1 amide bonds. The smallest absolute Gasteiger partial charge is 0.277 e. The Morgan fingerprint density at radius 1 is 1.06 bits per heavy atom. The van der Waals surface area contributed by atoms with Crippen molar-refractivity contribution in [1.29, 1.82) is 0 Å². The molecule has 0 atom stereocenters. The fourth-order valence-corrected chi connectivity index (χ4v) is 2.86. The van der Waals surface area contributed by atoms with Crippen molar-refractivity contribution >= 4 is 23.1 Å². The summed E-state index contributed by atoms with van der Waals surface area (Å²) in [6, 6.07) is 7.35. The quantitative estimate of drug-likeness (QED) is 0.492. The molecular formula is C21H21N9O. The van der Waals surface area contributed by atoms with E-state index in [2.05, 4.69) is 40.7 Å². The topological polar surface area (TPSA) is 123 Å². The largest absolute Gasteiger partial charge is 0.350 e. The van der Waals surface area contributed by atoms with E-state index in [-0.39, 0.29) is 17.5 Å². The average Bonchev–Trinajstić information content (AvgIpc) is 3.15. The lowest BCUT2D eigenvalue weighted by molar-refractivity contribution is 0.102. The molecule has 0 aliphatic carbocycles. The molecule has 0 bridgehead atoms. The highest BCUT2D eigenvalue weighted by molar-refractivity contribution is 6.06. The minimum absolute atomic E-state index is 0.0631. The molecule has 0 spiro atoms. The summed E-state index contributed by atoms with van der Waals surface area (Å²) in [5.74, 6) is 0.760. The van der Waals surface area contributed by atoms with Gasteiger partial charge in [0.1, 0.15) is 23.7 Å². The first-order valence-electron chi connectivity index (χ1n) is 9.67. The summed E-state index contributed by atoms with van der Waals surface area (Å²) in [7, 11) is 1.75. The highest BCUT2D eigenvalue weighted by atomic mass is 16.2. The van der Waals surface area contributed by atoms with Crippen molar-refractivity contribution < 1.29 is 4.79 Å². The number of pyridine rings is 1. The van der Waals surface area contributed by atoms with Gasteiger partial charge in [0.25, 0.3) is 5.91 Å². The van der Waals surface area contributed by atoms with Crippen molar-refractivity contribution in [3.8, 4) is 11.4 Å². The van der Waals surface area contributed by atoms with Gasteiger partial charge >= 0.3 is 0 Å². The molecule has 0 radical (unpaired) electrons. The number of nitrogens with zero attached hydrogens (tertiary/aromatic N) is 7. The molecule has 0 saturated carbocycles. The molecule has 4 heterocycles. The fourth-order valence-electron chi connectivity index (χ4n) is 2.86. The number of hydrogen-bond donors (Lipinski definition) is 2. The van der Waals surface area contributed by atoms with Gasteiger partial charge in [-0.1, -0.05) is 19.9 Å². The molecule has 156 valence electrons. The first kappa shape index (κ1) is 20.1. The first-order valence-corrected chi connectivity index (χ1v) is 9.67. The molecular weight excluding hydrogens is 394 g/mol. The van der Waals surface area contributed by atoms with Gasteiger partial charge in [0.15, 0.2) is 5.69 Å².